The summed E-state index contributed by atoms with van der Waals surface area (Å²) in [6.07, 6.45) is 0. The van der Waals surface area contributed by atoms with Crippen molar-refractivity contribution in [2.24, 2.45) is 0 Å². The maximum atomic E-state index is 11.6. The maximum Gasteiger partial charge on any atom is 0.0812 e. The SMILES string of the molecule is FSc1ccccc1. The fourth-order valence-electron chi connectivity index (χ4n) is 0.472. The van der Waals surface area contributed by atoms with Crippen molar-refractivity contribution in [3.63, 3.8) is 0 Å². The molecular weight excluding hydrogens is 123 g/mol. The highest BCUT2D eigenvalue weighted by molar-refractivity contribution is 7.94. The molecule has 0 radical (unpaired) electrons. The molecule has 0 unspecified atom stereocenters. The van der Waals surface area contributed by atoms with Crippen molar-refractivity contribution < 1.29 is 3.89 Å². The third-order valence-electron chi connectivity index (χ3n) is 0.832. The molecule has 0 spiro atoms. The Hall–Kier alpha value is -0.500. The molecule has 0 N–H and O–H groups in total. The molecule has 0 saturated carbocycles. The van der Waals surface area contributed by atoms with Crippen molar-refractivity contribution in [2.75, 3.05) is 0 Å². The lowest BCUT2D eigenvalue weighted by molar-refractivity contribution is 0.934. The zero-order valence-corrected chi connectivity index (χ0v) is 4.99. The van der Waals surface area contributed by atoms with E-state index in [-0.39, 0.29) is 12.1 Å². The molecule has 0 nitrogen and oxygen atoms in total. The standard InChI is InChI=1S/C6H5FS/c7-8-6-4-2-1-3-5-6/h1-5H. The minimum Gasteiger partial charge on any atom is -0.160 e. The summed E-state index contributed by atoms with van der Waals surface area (Å²) in [6.45, 7) is 0. The van der Waals surface area contributed by atoms with Gasteiger partial charge in [0.05, 0.1) is 12.1 Å². The van der Waals surface area contributed by atoms with Gasteiger partial charge >= 0.3 is 0 Å². The van der Waals surface area contributed by atoms with Gasteiger partial charge < -0.3 is 0 Å². The van der Waals surface area contributed by atoms with Crippen molar-refractivity contribution in [1.29, 1.82) is 0 Å². The number of halogens is 1. The Labute approximate surface area is 52.0 Å². The highest BCUT2D eigenvalue weighted by Crippen LogP contribution is 2.16. The molecule has 0 fully saturated rings. The van der Waals surface area contributed by atoms with Crippen LogP contribution in [0.15, 0.2) is 35.2 Å². The summed E-state index contributed by atoms with van der Waals surface area (Å²) in [4.78, 5) is 0.660. The molecule has 42 valence electrons. The lowest BCUT2D eigenvalue weighted by atomic mass is 10.4. The van der Waals surface area contributed by atoms with Gasteiger partial charge in [-0.15, -0.1) is 0 Å². The first-order valence-electron chi connectivity index (χ1n) is 2.27. The molecule has 0 amide bonds. The summed E-state index contributed by atoms with van der Waals surface area (Å²) in [6, 6.07) is 8.93. The van der Waals surface area contributed by atoms with Gasteiger partial charge in [0.25, 0.3) is 0 Å². The number of benzene rings is 1. The molecule has 1 aromatic rings. The zero-order chi connectivity index (χ0) is 5.82. The van der Waals surface area contributed by atoms with E-state index in [0.717, 1.165) is 0 Å². The van der Waals surface area contributed by atoms with E-state index in [1.807, 2.05) is 18.2 Å². The third kappa shape index (κ3) is 1.23. The Kier molecular flexibility index (Phi) is 1.92. The van der Waals surface area contributed by atoms with E-state index in [0.29, 0.717) is 4.90 Å². The molecule has 0 aliphatic rings. The Morgan fingerprint density at radius 2 is 1.75 bits per heavy atom. The minimum absolute atomic E-state index is 0.269. The third-order valence-corrected chi connectivity index (χ3v) is 1.28. The van der Waals surface area contributed by atoms with Crippen LogP contribution in [0.5, 0.6) is 0 Å². The summed E-state index contributed by atoms with van der Waals surface area (Å²) in [5.41, 5.74) is 0. The van der Waals surface area contributed by atoms with Gasteiger partial charge in [-0.25, -0.2) is 0 Å². The Bertz CT molecular complexity index is 150. The van der Waals surface area contributed by atoms with Crippen molar-refractivity contribution in [3.05, 3.63) is 30.3 Å². The van der Waals surface area contributed by atoms with Crippen molar-refractivity contribution in [3.8, 4) is 0 Å². The normalized spacial score (nSPS) is 9.12. The van der Waals surface area contributed by atoms with Crippen molar-refractivity contribution >= 4 is 12.1 Å². The fraction of sp³-hybridized carbons (Fsp3) is 0. The van der Waals surface area contributed by atoms with Gasteiger partial charge in [0.2, 0.25) is 0 Å². The van der Waals surface area contributed by atoms with Crippen LogP contribution in [0.2, 0.25) is 0 Å². The van der Waals surface area contributed by atoms with E-state index in [9.17, 15) is 3.89 Å². The van der Waals surface area contributed by atoms with Gasteiger partial charge in [0.15, 0.2) is 0 Å². The summed E-state index contributed by atoms with van der Waals surface area (Å²) >= 11 is 0.269. The second-order valence-corrected chi connectivity index (χ2v) is 2.02. The summed E-state index contributed by atoms with van der Waals surface area (Å²) in [5, 5.41) is 0. The Morgan fingerprint density at radius 1 is 1.12 bits per heavy atom. The van der Waals surface area contributed by atoms with Crippen LogP contribution >= 0.6 is 12.1 Å². The Balaban J connectivity index is 2.83. The molecule has 0 bridgehead atoms. The molecule has 1 aromatic carbocycles. The largest absolute Gasteiger partial charge is 0.160 e. The summed E-state index contributed by atoms with van der Waals surface area (Å²) < 4.78 is 11.6. The second-order valence-electron chi connectivity index (χ2n) is 1.39. The quantitative estimate of drug-likeness (QED) is 0.560. The zero-order valence-electron chi connectivity index (χ0n) is 4.17. The smallest absolute Gasteiger partial charge is 0.0812 e. The molecule has 0 aliphatic carbocycles. The van der Waals surface area contributed by atoms with Gasteiger partial charge in [0.1, 0.15) is 0 Å². The lowest BCUT2D eigenvalue weighted by Gasteiger charge is -1.85. The average molecular weight is 128 g/mol. The molecule has 0 heterocycles. The van der Waals surface area contributed by atoms with Crippen LogP contribution in [-0.2, 0) is 0 Å². The molecule has 0 aliphatic heterocycles. The first-order valence-corrected chi connectivity index (χ1v) is 2.99. The van der Waals surface area contributed by atoms with Crippen LogP contribution in [0.25, 0.3) is 0 Å². The fourth-order valence-corrected chi connectivity index (χ4v) is 0.732. The maximum absolute atomic E-state index is 11.6. The van der Waals surface area contributed by atoms with E-state index in [2.05, 4.69) is 0 Å². The van der Waals surface area contributed by atoms with Crippen molar-refractivity contribution in [2.45, 2.75) is 4.90 Å². The second kappa shape index (κ2) is 2.72. The summed E-state index contributed by atoms with van der Waals surface area (Å²) in [7, 11) is 0. The first kappa shape index (κ1) is 5.63. The molecule has 1 rings (SSSR count). The highest BCUT2D eigenvalue weighted by atomic mass is 32.2. The van der Waals surface area contributed by atoms with E-state index >= 15 is 0 Å². The Morgan fingerprint density at radius 3 is 2.12 bits per heavy atom. The minimum atomic E-state index is 0.269. The predicted molar refractivity (Wildman–Crippen MR) is 33.4 cm³/mol. The van der Waals surface area contributed by atoms with Crippen molar-refractivity contribution in [1.82, 2.24) is 0 Å². The van der Waals surface area contributed by atoms with E-state index in [1.54, 1.807) is 12.1 Å². The molecular formula is C6H5FS. The van der Waals surface area contributed by atoms with E-state index in [4.69, 9.17) is 0 Å². The predicted octanol–water partition coefficient (Wildman–Crippen LogP) is 2.66. The molecule has 2 heteroatoms. The van der Waals surface area contributed by atoms with Crippen LogP contribution in [0, 0.1) is 0 Å². The van der Waals surface area contributed by atoms with E-state index in [1.165, 1.54) is 0 Å². The number of hydrogen-bond donors (Lipinski definition) is 0. The average Bonchev–Trinajstić information content (AvgIpc) is 1.90. The number of hydrogen-bond acceptors (Lipinski definition) is 1. The lowest BCUT2D eigenvalue weighted by Crippen LogP contribution is -1.60. The van der Waals surface area contributed by atoms with Gasteiger partial charge in [0, 0.05) is 4.90 Å². The van der Waals surface area contributed by atoms with Crippen LogP contribution in [0.1, 0.15) is 0 Å². The van der Waals surface area contributed by atoms with E-state index < -0.39 is 0 Å². The van der Waals surface area contributed by atoms with Gasteiger partial charge in [-0.2, -0.15) is 3.89 Å². The monoisotopic (exact) mass is 128 g/mol. The first-order chi connectivity index (χ1) is 3.93. The van der Waals surface area contributed by atoms with Gasteiger partial charge in [-0.1, -0.05) is 18.2 Å². The van der Waals surface area contributed by atoms with Gasteiger partial charge in [-0.05, 0) is 12.1 Å². The van der Waals surface area contributed by atoms with Gasteiger partial charge in [-0.3, -0.25) is 0 Å². The van der Waals surface area contributed by atoms with Crippen LogP contribution < -0.4 is 0 Å². The summed E-state index contributed by atoms with van der Waals surface area (Å²) in [5.74, 6) is 0. The highest BCUT2D eigenvalue weighted by Gasteiger charge is 1.84. The molecule has 0 saturated heterocycles. The molecule has 0 atom stereocenters. The van der Waals surface area contributed by atoms with Crippen LogP contribution in [0.3, 0.4) is 0 Å². The molecule has 0 aromatic heterocycles. The molecule has 8 heavy (non-hydrogen) atoms. The number of rotatable bonds is 1. The van der Waals surface area contributed by atoms with Crippen LogP contribution in [0.4, 0.5) is 3.89 Å². The van der Waals surface area contributed by atoms with Crippen LogP contribution in [-0.4, -0.2) is 0 Å². The topological polar surface area (TPSA) is 0 Å².